The van der Waals surface area contributed by atoms with E-state index in [0.29, 0.717) is 56.5 Å². The van der Waals surface area contributed by atoms with Gasteiger partial charge in [-0.05, 0) is 18.6 Å². The van der Waals surface area contributed by atoms with E-state index in [9.17, 15) is 17.2 Å². The third-order valence-corrected chi connectivity index (χ3v) is 7.91. The molecule has 0 radical (unpaired) electrons. The normalized spacial score (nSPS) is 19.2. The molecule has 200 valence electrons. The number of sulfonamides is 1. The Bertz CT molecular complexity index is 1400. The lowest BCUT2D eigenvalue weighted by molar-refractivity contribution is 0.122. The summed E-state index contributed by atoms with van der Waals surface area (Å²) in [7, 11) is -0.129. The van der Waals surface area contributed by atoms with Gasteiger partial charge in [0.15, 0.2) is 5.82 Å². The van der Waals surface area contributed by atoms with Crippen LogP contribution in [-0.4, -0.2) is 103 Å². The summed E-state index contributed by atoms with van der Waals surface area (Å²) in [5, 5.41) is 0. The van der Waals surface area contributed by atoms with Crippen molar-refractivity contribution in [1.82, 2.24) is 28.8 Å². The van der Waals surface area contributed by atoms with Crippen molar-refractivity contribution in [3.63, 3.8) is 0 Å². The van der Waals surface area contributed by atoms with E-state index in [-0.39, 0.29) is 30.0 Å². The molecule has 0 bridgehead atoms. The number of alkyl halides is 2. The molecule has 1 aromatic carbocycles. The van der Waals surface area contributed by atoms with Gasteiger partial charge in [0, 0.05) is 39.3 Å². The largest absolute Gasteiger partial charge is 0.494 e. The Kier molecular flexibility index (Phi) is 6.85. The highest BCUT2D eigenvalue weighted by Crippen LogP contribution is 2.32. The van der Waals surface area contributed by atoms with Crippen molar-refractivity contribution in [2.24, 2.45) is 0 Å². The molecule has 0 aliphatic carbocycles. The fraction of sp³-hybridized carbons (Fsp3) is 0.545. The third-order valence-electron chi connectivity index (χ3n) is 6.64. The summed E-state index contributed by atoms with van der Waals surface area (Å²) in [6, 6.07) is 4.79. The Hall–Kier alpha value is -3.17. The lowest BCUT2D eigenvalue weighted by Gasteiger charge is -2.29. The van der Waals surface area contributed by atoms with Gasteiger partial charge in [-0.1, -0.05) is 6.07 Å². The summed E-state index contributed by atoms with van der Waals surface area (Å²) in [5.74, 6) is 0.387. The van der Waals surface area contributed by atoms with E-state index in [1.54, 1.807) is 30.1 Å². The molecule has 4 heterocycles. The average molecular weight is 539 g/mol. The second-order valence-corrected chi connectivity index (χ2v) is 10.9. The first-order chi connectivity index (χ1) is 17.7. The number of halogens is 2. The predicted octanol–water partition coefficient (Wildman–Crippen LogP) is 1.46. The first-order valence-corrected chi connectivity index (χ1v) is 13.6. The Morgan fingerprint density at radius 3 is 2.49 bits per heavy atom. The van der Waals surface area contributed by atoms with Crippen LogP contribution >= 0.6 is 0 Å². The van der Waals surface area contributed by atoms with Crippen LogP contribution < -0.4 is 14.5 Å². The summed E-state index contributed by atoms with van der Waals surface area (Å²) in [6.07, 6.45) is -1.15. The molecule has 1 atom stereocenters. The van der Waals surface area contributed by atoms with Crippen LogP contribution in [0.25, 0.3) is 17.0 Å². The van der Waals surface area contributed by atoms with Crippen molar-refractivity contribution < 1.29 is 26.7 Å². The van der Waals surface area contributed by atoms with E-state index in [1.165, 1.54) is 22.2 Å². The molecule has 0 amide bonds. The van der Waals surface area contributed by atoms with E-state index >= 15 is 0 Å². The quantitative estimate of drug-likeness (QED) is 0.437. The van der Waals surface area contributed by atoms with Crippen molar-refractivity contribution in [3.05, 3.63) is 24.0 Å². The molecule has 0 unspecified atom stereocenters. The van der Waals surface area contributed by atoms with E-state index in [1.807, 2.05) is 4.90 Å². The minimum atomic E-state index is -3.34. The zero-order chi connectivity index (χ0) is 26.3. The van der Waals surface area contributed by atoms with Crippen LogP contribution in [0.4, 0.5) is 20.7 Å². The Morgan fingerprint density at radius 1 is 1.11 bits per heavy atom. The molecule has 12 nitrogen and oxygen atoms in total. The van der Waals surface area contributed by atoms with Gasteiger partial charge in [0.2, 0.25) is 27.9 Å². The number of benzene rings is 1. The van der Waals surface area contributed by atoms with Gasteiger partial charge < -0.3 is 19.3 Å². The molecule has 0 N–H and O–H groups in total. The maximum atomic E-state index is 14.2. The molecule has 2 aliphatic rings. The number of morpholine rings is 1. The van der Waals surface area contributed by atoms with Crippen LogP contribution in [0.5, 0.6) is 5.75 Å². The molecule has 2 aromatic heterocycles. The van der Waals surface area contributed by atoms with Crippen molar-refractivity contribution >= 4 is 33.0 Å². The number of anilines is 2. The van der Waals surface area contributed by atoms with E-state index in [0.717, 1.165) is 0 Å². The van der Waals surface area contributed by atoms with Crippen LogP contribution in [0.1, 0.15) is 18.7 Å². The average Bonchev–Trinajstić information content (AvgIpc) is 3.54. The number of hydrogen-bond acceptors (Lipinski definition) is 10. The topological polar surface area (TPSA) is 119 Å². The van der Waals surface area contributed by atoms with Crippen LogP contribution in [0.15, 0.2) is 18.2 Å². The molecule has 37 heavy (non-hydrogen) atoms. The number of aromatic nitrogens is 5. The fourth-order valence-electron chi connectivity index (χ4n) is 4.61. The van der Waals surface area contributed by atoms with Crippen LogP contribution in [0.3, 0.4) is 0 Å². The Balaban J connectivity index is 1.64. The summed E-state index contributed by atoms with van der Waals surface area (Å²) in [5.41, 5.74) is 0.634. The molecule has 15 heteroatoms. The predicted molar refractivity (Wildman–Crippen MR) is 132 cm³/mol. The molecular formula is C22H28F2N8O4S. The zero-order valence-electron chi connectivity index (χ0n) is 20.7. The highest BCUT2D eigenvalue weighted by Gasteiger charge is 2.33. The van der Waals surface area contributed by atoms with Crippen molar-refractivity contribution in [2.45, 2.75) is 18.9 Å². The molecule has 5 rings (SSSR count). The Morgan fingerprint density at radius 2 is 1.84 bits per heavy atom. The van der Waals surface area contributed by atoms with Gasteiger partial charge in [-0.2, -0.15) is 15.0 Å². The van der Waals surface area contributed by atoms with Crippen LogP contribution in [0, 0.1) is 0 Å². The summed E-state index contributed by atoms with van der Waals surface area (Å²) in [4.78, 5) is 21.6. The van der Waals surface area contributed by atoms with Gasteiger partial charge in [0.25, 0.3) is 6.43 Å². The molecule has 0 saturated carbocycles. The number of imidazole rings is 1. The van der Waals surface area contributed by atoms with Gasteiger partial charge in [-0.15, -0.1) is 0 Å². The number of hydrogen-bond donors (Lipinski definition) is 0. The number of ether oxygens (including phenoxy) is 2. The SMILES string of the molecule is COc1cccc2c1nc(C(F)F)n2-c1nc(N2CCOCC2)nc(N(C)[C@@H]2CCN(S(C)(=O)=O)C2)n1. The second-order valence-electron chi connectivity index (χ2n) is 8.94. The highest BCUT2D eigenvalue weighted by atomic mass is 32.2. The molecule has 2 fully saturated rings. The van der Waals surface area contributed by atoms with Gasteiger partial charge in [-0.25, -0.2) is 26.5 Å². The van der Waals surface area contributed by atoms with E-state index in [2.05, 4.69) is 19.9 Å². The zero-order valence-corrected chi connectivity index (χ0v) is 21.5. The summed E-state index contributed by atoms with van der Waals surface area (Å²) < 4.78 is 65.9. The van der Waals surface area contributed by atoms with E-state index in [4.69, 9.17) is 9.47 Å². The maximum absolute atomic E-state index is 14.2. The number of para-hydroxylation sites is 1. The van der Waals surface area contributed by atoms with Gasteiger partial charge in [-0.3, -0.25) is 4.57 Å². The highest BCUT2D eigenvalue weighted by molar-refractivity contribution is 7.88. The summed E-state index contributed by atoms with van der Waals surface area (Å²) >= 11 is 0. The standard InChI is InChI=1S/C22H28F2N8O4S/c1-29(14-7-8-31(13-14)37(3,33)34)20-26-21(30-9-11-36-12-10-30)28-22(27-20)32-15-5-4-6-16(35-2)17(15)25-19(32)18(23)24/h4-6,14,18H,7-13H2,1-3H3/t14-/m1/s1. The van der Waals surface area contributed by atoms with Crippen molar-refractivity contribution in [3.8, 4) is 11.7 Å². The number of methoxy groups -OCH3 is 1. The molecule has 2 saturated heterocycles. The number of rotatable bonds is 7. The first kappa shape index (κ1) is 25.5. The van der Waals surface area contributed by atoms with Gasteiger partial charge >= 0.3 is 0 Å². The van der Waals surface area contributed by atoms with Crippen molar-refractivity contribution in [2.75, 3.05) is 69.6 Å². The fourth-order valence-corrected chi connectivity index (χ4v) is 5.49. The number of nitrogens with zero attached hydrogens (tertiary/aromatic N) is 8. The van der Waals surface area contributed by atoms with Crippen molar-refractivity contribution in [1.29, 1.82) is 0 Å². The smallest absolute Gasteiger partial charge is 0.296 e. The Labute approximate surface area is 212 Å². The minimum absolute atomic E-state index is 0.0117. The molecular weight excluding hydrogens is 510 g/mol. The maximum Gasteiger partial charge on any atom is 0.296 e. The molecule has 0 spiro atoms. The lowest BCUT2D eigenvalue weighted by Crippen LogP contribution is -2.40. The molecule has 2 aliphatic heterocycles. The third kappa shape index (κ3) is 4.90. The first-order valence-electron chi connectivity index (χ1n) is 11.8. The molecule has 3 aromatic rings. The van der Waals surface area contributed by atoms with Gasteiger partial charge in [0.1, 0.15) is 11.3 Å². The monoisotopic (exact) mass is 538 g/mol. The van der Waals surface area contributed by atoms with Crippen LogP contribution in [0.2, 0.25) is 0 Å². The van der Waals surface area contributed by atoms with Gasteiger partial charge in [0.05, 0.1) is 32.1 Å². The number of likely N-dealkylation sites (N-methyl/N-ethyl adjacent to an activating group) is 1. The second kappa shape index (κ2) is 9.95. The lowest BCUT2D eigenvalue weighted by atomic mass is 10.2. The minimum Gasteiger partial charge on any atom is -0.494 e. The van der Waals surface area contributed by atoms with E-state index < -0.39 is 22.3 Å². The summed E-state index contributed by atoms with van der Waals surface area (Å²) in [6.45, 7) is 2.66. The number of fused-ring (bicyclic) bond motifs is 1. The van der Waals surface area contributed by atoms with Crippen LogP contribution in [-0.2, 0) is 14.8 Å².